The molecule has 6 nitrogen and oxygen atoms in total. The lowest BCUT2D eigenvalue weighted by Crippen LogP contribution is -2.44. The third-order valence-corrected chi connectivity index (χ3v) is 8.64. The fourth-order valence-electron chi connectivity index (χ4n) is 3.57. The maximum absolute atomic E-state index is 13.6. The molecule has 0 saturated heterocycles. The first-order valence-corrected chi connectivity index (χ1v) is 11.8. The van der Waals surface area contributed by atoms with Crippen molar-refractivity contribution in [2.24, 2.45) is 0 Å². The molecule has 0 radical (unpaired) electrons. The summed E-state index contributed by atoms with van der Waals surface area (Å²) in [6.07, 6.45) is -7.04. The van der Waals surface area contributed by atoms with Gasteiger partial charge in [0.05, 0.1) is 27.1 Å². The molecule has 0 bridgehead atoms. The van der Waals surface area contributed by atoms with Gasteiger partial charge in [-0.1, -0.05) is 17.4 Å². The van der Waals surface area contributed by atoms with Crippen LogP contribution in [-0.2, 0) is 21.6 Å². The van der Waals surface area contributed by atoms with Crippen LogP contribution in [0.2, 0.25) is 0 Å². The van der Waals surface area contributed by atoms with Crippen LogP contribution in [0.4, 0.5) is 22.0 Å². The molecule has 4 rings (SSSR count). The van der Waals surface area contributed by atoms with E-state index >= 15 is 0 Å². The zero-order valence-electron chi connectivity index (χ0n) is 17.0. The van der Waals surface area contributed by atoms with Gasteiger partial charge in [0.1, 0.15) is 10.6 Å². The monoisotopic (exact) mass is 495 g/mol. The first-order valence-electron chi connectivity index (χ1n) is 9.43. The number of fused-ring (bicyclic) bond motifs is 1. The number of nitrogens with zero attached hydrogens (tertiary/aromatic N) is 3. The molecule has 0 aliphatic heterocycles. The van der Waals surface area contributed by atoms with Crippen molar-refractivity contribution in [3.05, 3.63) is 34.5 Å². The Kier molecular flexibility index (Phi) is 5.00. The average molecular weight is 495 g/mol. The predicted molar refractivity (Wildman–Crippen MR) is 106 cm³/mol. The van der Waals surface area contributed by atoms with E-state index in [0.29, 0.717) is 21.7 Å². The Morgan fingerprint density at radius 2 is 1.84 bits per heavy atom. The van der Waals surface area contributed by atoms with E-state index in [-0.39, 0.29) is 11.3 Å². The van der Waals surface area contributed by atoms with Gasteiger partial charge in [-0.25, -0.2) is 26.7 Å². The number of benzene rings is 1. The lowest BCUT2D eigenvalue weighted by Gasteiger charge is -2.34. The highest BCUT2D eigenvalue weighted by molar-refractivity contribution is 7.92. The maximum atomic E-state index is 13.6. The lowest BCUT2D eigenvalue weighted by atomic mass is 9.94. The molecule has 0 unspecified atom stereocenters. The van der Waals surface area contributed by atoms with Gasteiger partial charge in [0, 0.05) is 18.4 Å². The number of halogens is 5. The summed E-state index contributed by atoms with van der Waals surface area (Å²) < 4.78 is 94.4. The van der Waals surface area contributed by atoms with Gasteiger partial charge in [-0.05, 0) is 32.9 Å². The summed E-state index contributed by atoms with van der Waals surface area (Å²) in [5, 5.41) is 13.2. The van der Waals surface area contributed by atoms with E-state index in [1.165, 1.54) is 18.4 Å². The molecule has 1 N–H and O–H groups in total. The Morgan fingerprint density at radius 1 is 1.22 bits per heavy atom. The summed E-state index contributed by atoms with van der Waals surface area (Å²) >= 11 is 1.08. The number of aromatic nitrogens is 3. The number of hydrogen-bond donors (Lipinski definition) is 1. The quantitative estimate of drug-likeness (QED) is 0.536. The molecule has 0 amide bonds. The van der Waals surface area contributed by atoms with E-state index in [9.17, 15) is 35.5 Å². The molecule has 13 heteroatoms. The predicted octanol–water partition coefficient (Wildman–Crippen LogP) is 4.58. The van der Waals surface area contributed by atoms with Crippen LogP contribution in [-0.4, -0.2) is 39.3 Å². The number of sulfone groups is 1. The van der Waals surface area contributed by atoms with Gasteiger partial charge < -0.3 is 5.11 Å². The Balaban J connectivity index is 1.90. The second kappa shape index (κ2) is 6.94. The number of imidazole rings is 1. The van der Waals surface area contributed by atoms with Gasteiger partial charge in [-0.3, -0.25) is 0 Å². The third kappa shape index (κ3) is 3.79. The van der Waals surface area contributed by atoms with E-state index in [2.05, 4.69) is 10.1 Å². The molecule has 174 valence electrons. The van der Waals surface area contributed by atoms with Crippen molar-refractivity contribution < 1.29 is 35.5 Å². The van der Waals surface area contributed by atoms with Gasteiger partial charge in [0.2, 0.25) is 4.96 Å². The number of rotatable bonds is 4. The zero-order valence-corrected chi connectivity index (χ0v) is 18.7. The fraction of sp³-hybridized carbons (Fsp3) is 0.474. The molecule has 1 aliphatic rings. The van der Waals surface area contributed by atoms with Crippen LogP contribution in [0.15, 0.2) is 23.1 Å². The highest BCUT2D eigenvalue weighted by atomic mass is 32.2. The van der Waals surface area contributed by atoms with Crippen molar-refractivity contribution in [2.45, 2.75) is 61.5 Å². The molecular weight excluding hydrogens is 477 g/mol. The highest BCUT2D eigenvalue weighted by Crippen LogP contribution is 2.46. The second-order valence-electron chi connectivity index (χ2n) is 8.35. The van der Waals surface area contributed by atoms with Crippen molar-refractivity contribution in [1.82, 2.24) is 14.6 Å². The van der Waals surface area contributed by atoms with Gasteiger partial charge in [0.15, 0.2) is 9.84 Å². The topological polar surface area (TPSA) is 84.6 Å². The van der Waals surface area contributed by atoms with Crippen molar-refractivity contribution in [3.63, 3.8) is 0 Å². The lowest BCUT2D eigenvalue weighted by molar-refractivity contribution is -0.139. The van der Waals surface area contributed by atoms with Gasteiger partial charge >= 0.3 is 6.18 Å². The first-order chi connectivity index (χ1) is 14.5. The summed E-state index contributed by atoms with van der Waals surface area (Å²) in [4.78, 5) is 3.62. The Morgan fingerprint density at radius 3 is 2.38 bits per heavy atom. The number of hydrogen-bond acceptors (Lipinski definition) is 6. The van der Waals surface area contributed by atoms with E-state index in [1.807, 2.05) is 0 Å². The molecule has 0 atom stereocenters. The van der Waals surface area contributed by atoms with Gasteiger partial charge in [-0.2, -0.15) is 18.3 Å². The van der Waals surface area contributed by atoms with Gasteiger partial charge in [0.25, 0.3) is 5.92 Å². The number of aliphatic hydroxyl groups is 1. The van der Waals surface area contributed by atoms with E-state index in [4.69, 9.17) is 0 Å². The molecule has 0 spiro atoms. The Labute approximate surface area is 183 Å². The van der Waals surface area contributed by atoms with Crippen LogP contribution in [0.1, 0.15) is 43.0 Å². The highest BCUT2D eigenvalue weighted by Gasteiger charge is 2.53. The Bertz CT molecular complexity index is 1310. The number of aryl methyl sites for hydroxylation is 1. The SMILES string of the molecule is Cc1nc2sc(C(C)(C)O)nn2c1-c1ccc(C(F)(F)F)c(S(=O)(=O)C2CC(F)(F)C2)c1. The zero-order chi connectivity index (χ0) is 23.9. The molecule has 1 fully saturated rings. The van der Waals surface area contributed by atoms with Gasteiger partial charge in [-0.15, -0.1) is 0 Å². The molecule has 2 heterocycles. The molecule has 1 saturated carbocycles. The smallest absolute Gasteiger partial charge is 0.383 e. The normalized spacial score (nSPS) is 17.7. The van der Waals surface area contributed by atoms with E-state index < -0.39 is 56.1 Å². The first kappa shape index (κ1) is 23.1. The summed E-state index contributed by atoms with van der Waals surface area (Å²) in [6.45, 7) is 4.60. The molecule has 3 aromatic rings. The molecule has 32 heavy (non-hydrogen) atoms. The minimum Gasteiger partial charge on any atom is -0.383 e. The van der Waals surface area contributed by atoms with Crippen LogP contribution in [0.25, 0.3) is 16.2 Å². The third-order valence-electron chi connectivity index (χ3n) is 5.26. The van der Waals surface area contributed by atoms with Crippen LogP contribution in [0, 0.1) is 6.92 Å². The summed E-state index contributed by atoms with van der Waals surface area (Å²) in [5.41, 5.74) is -1.99. The molecule has 2 aromatic heterocycles. The van der Waals surface area contributed by atoms with Crippen LogP contribution in [0.5, 0.6) is 0 Å². The number of alkyl halides is 5. The maximum Gasteiger partial charge on any atom is 0.417 e. The van der Waals surface area contributed by atoms with Crippen molar-refractivity contribution in [3.8, 4) is 11.3 Å². The van der Waals surface area contributed by atoms with E-state index in [0.717, 1.165) is 23.5 Å². The fourth-order valence-corrected chi connectivity index (χ4v) is 6.59. The standard InChI is InChI=1S/C19H18F5N3O3S2/c1-9-14(27-16(25-9)31-15(26-27)17(2,3)28)10-4-5-12(19(22,23)24)13(6-10)32(29,30)11-7-18(20,21)8-11/h4-6,11,28H,7-8H2,1-3H3. The minimum absolute atomic E-state index is 0.0836. The summed E-state index contributed by atoms with van der Waals surface area (Å²) in [6, 6.07) is 2.56. The minimum atomic E-state index is -5.00. The van der Waals surface area contributed by atoms with Crippen molar-refractivity contribution >= 4 is 26.1 Å². The molecule has 1 aromatic carbocycles. The average Bonchev–Trinajstić information content (AvgIpc) is 3.14. The van der Waals surface area contributed by atoms with Crippen LogP contribution in [0.3, 0.4) is 0 Å². The molecular formula is C19H18F5N3O3S2. The summed E-state index contributed by atoms with van der Waals surface area (Å²) in [7, 11) is -4.67. The van der Waals surface area contributed by atoms with Crippen LogP contribution < -0.4 is 0 Å². The molecule has 1 aliphatic carbocycles. The van der Waals surface area contributed by atoms with Crippen LogP contribution >= 0.6 is 11.3 Å². The largest absolute Gasteiger partial charge is 0.417 e. The van der Waals surface area contributed by atoms with E-state index in [1.54, 1.807) is 6.92 Å². The summed E-state index contributed by atoms with van der Waals surface area (Å²) in [5.74, 6) is -3.21. The second-order valence-corrected chi connectivity index (χ2v) is 11.5. The van der Waals surface area contributed by atoms with Crippen molar-refractivity contribution in [1.29, 1.82) is 0 Å². The Hall–Kier alpha value is -2.12. The van der Waals surface area contributed by atoms with Crippen molar-refractivity contribution in [2.75, 3.05) is 0 Å².